The van der Waals surface area contributed by atoms with E-state index >= 15 is 0 Å². The van der Waals surface area contributed by atoms with Crippen molar-refractivity contribution in [2.24, 2.45) is 0 Å². The number of anilines is 1. The van der Waals surface area contributed by atoms with Gasteiger partial charge in [-0.05, 0) is 6.07 Å². The number of benzene rings is 1. The lowest BCUT2D eigenvalue weighted by Crippen LogP contribution is -2.09. The standard InChI is InChI=1S/C8H7F4NO/c1-14-7-3-6(13)5(9)2-4(7)8(10,11)12/h2-3H,13H2,1H3. The van der Waals surface area contributed by atoms with Crippen LogP contribution < -0.4 is 10.5 Å². The average molecular weight is 209 g/mol. The monoisotopic (exact) mass is 209 g/mol. The Morgan fingerprint density at radius 3 is 2.29 bits per heavy atom. The molecule has 0 saturated heterocycles. The SMILES string of the molecule is COc1cc(N)c(F)cc1C(F)(F)F. The molecule has 14 heavy (non-hydrogen) atoms. The molecule has 0 atom stereocenters. The van der Waals surface area contributed by atoms with Gasteiger partial charge < -0.3 is 10.5 Å². The van der Waals surface area contributed by atoms with Gasteiger partial charge in [0.1, 0.15) is 17.1 Å². The first-order valence-electron chi connectivity index (χ1n) is 3.56. The van der Waals surface area contributed by atoms with Crippen molar-refractivity contribution < 1.29 is 22.3 Å². The van der Waals surface area contributed by atoms with Crippen LogP contribution in [0.1, 0.15) is 5.56 Å². The maximum atomic E-state index is 12.7. The molecule has 0 radical (unpaired) electrons. The second-order valence-electron chi connectivity index (χ2n) is 2.57. The summed E-state index contributed by atoms with van der Waals surface area (Å²) in [7, 11) is 1.06. The Kier molecular flexibility index (Phi) is 2.55. The zero-order valence-corrected chi connectivity index (χ0v) is 7.15. The van der Waals surface area contributed by atoms with Gasteiger partial charge in [-0.15, -0.1) is 0 Å². The Hall–Kier alpha value is -1.46. The first kappa shape index (κ1) is 10.6. The minimum absolute atomic E-state index is 0.314. The molecule has 0 saturated carbocycles. The summed E-state index contributed by atoms with van der Waals surface area (Å²) in [6, 6.07) is 1.12. The van der Waals surface area contributed by atoms with Gasteiger partial charge in [0.2, 0.25) is 0 Å². The van der Waals surface area contributed by atoms with Crippen LogP contribution in [0.3, 0.4) is 0 Å². The zero-order valence-electron chi connectivity index (χ0n) is 7.15. The van der Waals surface area contributed by atoms with Gasteiger partial charge in [0.15, 0.2) is 0 Å². The van der Waals surface area contributed by atoms with Crippen LogP contribution in [0.2, 0.25) is 0 Å². The van der Waals surface area contributed by atoms with Crippen molar-refractivity contribution in [3.05, 3.63) is 23.5 Å². The topological polar surface area (TPSA) is 35.2 Å². The molecule has 0 aliphatic rings. The van der Waals surface area contributed by atoms with Crippen LogP contribution >= 0.6 is 0 Å². The Labute approximate surface area is 77.3 Å². The lowest BCUT2D eigenvalue weighted by Gasteiger charge is -2.12. The summed E-state index contributed by atoms with van der Waals surface area (Å²) in [6.45, 7) is 0. The second kappa shape index (κ2) is 3.36. The highest BCUT2D eigenvalue weighted by Crippen LogP contribution is 2.37. The molecule has 0 aromatic heterocycles. The number of hydrogen-bond donors (Lipinski definition) is 1. The van der Waals surface area contributed by atoms with Crippen LogP contribution in [0.4, 0.5) is 23.2 Å². The van der Waals surface area contributed by atoms with E-state index in [2.05, 4.69) is 4.74 Å². The number of rotatable bonds is 1. The van der Waals surface area contributed by atoms with E-state index in [-0.39, 0.29) is 5.69 Å². The number of ether oxygens (including phenoxy) is 1. The number of halogens is 4. The predicted molar refractivity (Wildman–Crippen MR) is 42.4 cm³/mol. The van der Waals surface area contributed by atoms with Crippen LogP contribution in [0, 0.1) is 5.82 Å². The van der Waals surface area contributed by atoms with E-state index in [9.17, 15) is 17.6 Å². The summed E-state index contributed by atoms with van der Waals surface area (Å²) in [4.78, 5) is 0. The number of nitrogen functional groups attached to an aromatic ring is 1. The van der Waals surface area contributed by atoms with Crippen molar-refractivity contribution in [2.45, 2.75) is 6.18 Å². The van der Waals surface area contributed by atoms with Crippen molar-refractivity contribution in [1.29, 1.82) is 0 Å². The predicted octanol–water partition coefficient (Wildman–Crippen LogP) is 2.44. The van der Waals surface area contributed by atoms with Crippen molar-refractivity contribution in [3.8, 4) is 5.75 Å². The Balaban J connectivity index is 3.35. The lowest BCUT2D eigenvalue weighted by atomic mass is 10.1. The Morgan fingerprint density at radius 1 is 1.29 bits per heavy atom. The molecular weight excluding hydrogens is 202 g/mol. The number of methoxy groups -OCH3 is 1. The first-order valence-corrected chi connectivity index (χ1v) is 3.56. The molecule has 0 amide bonds. The fraction of sp³-hybridized carbons (Fsp3) is 0.250. The molecule has 1 aromatic carbocycles. The van der Waals surface area contributed by atoms with E-state index in [1.54, 1.807) is 0 Å². The lowest BCUT2D eigenvalue weighted by molar-refractivity contribution is -0.138. The minimum Gasteiger partial charge on any atom is -0.496 e. The van der Waals surface area contributed by atoms with Gasteiger partial charge in [0.05, 0.1) is 12.8 Å². The van der Waals surface area contributed by atoms with Gasteiger partial charge >= 0.3 is 6.18 Å². The van der Waals surface area contributed by atoms with Gasteiger partial charge in [-0.3, -0.25) is 0 Å². The molecule has 1 rings (SSSR count). The normalized spacial score (nSPS) is 11.5. The molecule has 0 bridgehead atoms. The molecule has 2 N–H and O–H groups in total. The van der Waals surface area contributed by atoms with Gasteiger partial charge in [-0.25, -0.2) is 4.39 Å². The molecule has 0 spiro atoms. The highest BCUT2D eigenvalue weighted by molar-refractivity contribution is 5.50. The molecule has 0 unspecified atom stereocenters. The quantitative estimate of drug-likeness (QED) is 0.569. The molecule has 78 valence electrons. The molecular formula is C8H7F4NO. The third-order valence-corrected chi connectivity index (χ3v) is 1.62. The van der Waals surface area contributed by atoms with Crippen LogP contribution in [-0.4, -0.2) is 7.11 Å². The van der Waals surface area contributed by atoms with Crippen molar-refractivity contribution >= 4 is 5.69 Å². The molecule has 0 fully saturated rings. The molecule has 0 aliphatic heterocycles. The van der Waals surface area contributed by atoms with Crippen LogP contribution in [0.25, 0.3) is 0 Å². The first-order chi connectivity index (χ1) is 6.36. The van der Waals surface area contributed by atoms with E-state index in [0.29, 0.717) is 6.07 Å². The Morgan fingerprint density at radius 2 is 1.86 bits per heavy atom. The van der Waals surface area contributed by atoms with Gasteiger partial charge in [0, 0.05) is 6.07 Å². The van der Waals surface area contributed by atoms with Crippen molar-refractivity contribution in [3.63, 3.8) is 0 Å². The molecule has 2 nitrogen and oxygen atoms in total. The Bertz CT molecular complexity index is 348. The smallest absolute Gasteiger partial charge is 0.420 e. The van der Waals surface area contributed by atoms with Crippen molar-refractivity contribution in [2.75, 3.05) is 12.8 Å². The van der Waals surface area contributed by atoms with Crippen molar-refractivity contribution in [1.82, 2.24) is 0 Å². The van der Waals surface area contributed by atoms with E-state index in [4.69, 9.17) is 5.73 Å². The van der Waals surface area contributed by atoms with Gasteiger partial charge in [-0.2, -0.15) is 13.2 Å². The van der Waals surface area contributed by atoms with Crippen LogP contribution in [0.5, 0.6) is 5.75 Å². The van der Waals surface area contributed by atoms with E-state index in [1.165, 1.54) is 0 Å². The maximum Gasteiger partial charge on any atom is 0.420 e. The largest absolute Gasteiger partial charge is 0.496 e. The van der Waals surface area contributed by atoms with Crippen LogP contribution in [0.15, 0.2) is 12.1 Å². The summed E-state index contributed by atoms with van der Waals surface area (Å²) in [5.41, 5.74) is 3.53. The number of nitrogens with two attached hydrogens (primary N) is 1. The van der Waals surface area contributed by atoms with Gasteiger partial charge in [-0.1, -0.05) is 0 Å². The average Bonchev–Trinajstić information content (AvgIpc) is 2.07. The highest BCUT2D eigenvalue weighted by atomic mass is 19.4. The van der Waals surface area contributed by atoms with E-state index < -0.39 is 23.3 Å². The second-order valence-corrected chi connectivity index (χ2v) is 2.57. The summed E-state index contributed by atoms with van der Waals surface area (Å²) < 4.78 is 54.0. The highest BCUT2D eigenvalue weighted by Gasteiger charge is 2.35. The fourth-order valence-corrected chi connectivity index (χ4v) is 0.960. The van der Waals surface area contributed by atoms with E-state index in [1.807, 2.05) is 0 Å². The summed E-state index contributed by atoms with van der Waals surface area (Å²) in [5.74, 6) is -1.60. The fourth-order valence-electron chi connectivity index (χ4n) is 0.960. The molecule has 1 aromatic rings. The maximum absolute atomic E-state index is 12.7. The molecule has 0 heterocycles. The third kappa shape index (κ3) is 1.89. The summed E-state index contributed by atoms with van der Waals surface area (Å²) in [5, 5.41) is 0. The van der Waals surface area contributed by atoms with Crippen LogP contribution in [-0.2, 0) is 6.18 Å². The minimum atomic E-state index is -4.65. The number of alkyl halides is 3. The zero-order chi connectivity index (χ0) is 10.9. The molecule has 6 heteroatoms. The van der Waals surface area contributed by atoms with E-state index in [0.717, 1.165) is 13.2 Å². The number of hydrogen-bond acceptors (Lipinski definition) is 2. The van der Waals surface area contributed by atoms with Gasteiger partial charge in [0.25, 0.3) is 0 Å². The summed E-state index contributed by atoms with van der Waals surface area (Å²) >= 11 is 0. The summed E-state index contributed by atoms with van der Waals surface area (Å²) in [6.07, 6.45) is -4.65. The third-order valence-electron chi connectivity index (χ3n) is 1.62. The molecule has 0 aliphatic carbocycles.